The maximum Gasteiger partial charge on any atom is 0.213 e. The first-order valence-corrected chi connectivity index (χ1v) is 12.5. The average molecular weight is 578 g/mol. The van der Waals surface area contributed by atoms with E-state index in [1.165, 1.54) is 5.56 Å². The van der Waals surface area contributed by atoms with Crippen molar-refractivity contribution in [1.29, 1.82) is 0 Å². The maximum absolute atomic E-state index is 9.03. The smallest absolute Gasteiger partial charge is 0.213 e. The van der Waals surface area contributed by atoms with Gasteiger partial charge in [-0.1, -0.05) is 30.3 Å². The van der Waals surface area contributed by atoms with Gasteiger partial charge in [0.05, 0.1) is 18.8 Å². The summed E-state index contributed by atoms with van der Waals surface area (Å²) in [4.78, 5) is 8.28. The van der Waals surface area contributed by atoms with E-state index in [2.05, 4.69) is 54.0 Å². The van der Waals surface area contributed by atoms with E-state index in [4.69, 9.17) is 19.3 Å². The number of hydrogen-bond donors (Lipinski definition) is 1. The molecule has 2 aliphatic rings. The summed E-state index contributed by atoms with van der Waals surface area (Å²) in [5, 5.41) is 9.03. The van der Waals surface area contributed by atoms with E-state index in [9.17, 15) is 0 Å². The van der Waals surface area contributed by atoms with Gasteiger partial charge in [0.25, 0.3) is 0 Å². The number of aliphatic hydroxyl groups is 1. The topological polar surface area (TPSA) is 73.7 Å². The number of pyridine rings is 2. The van der Waals surface area contributed by atoms with Crippen molar-refractivity contribution in [3.63, 3.8) is 0 Å². The Morgan fingerprint density at radius 2 is 1.27 bits per heavy atom. The van der Waals surface area contributed by atoms with Crippen LogP contribution in [0.5, 0.6) is 11.8 Å². The molecule has 8 heteroatoms. The lowest BCUT2D eigenvalue weighted by atomic mass is 9.92. The van der Waals surface area contributed by atoms with Gasteiger partial charge in [0.2, 0.25) is 11.8 Å². The molecule has 0 spiro atoms. The minimum Gasteiger partial charge on any atom is -0.474 e. The zero-order chi connectivity index (χ0) is 23.0. The highest BCUT2D eigenvalue weighted by Crippen LogP contribution is 2.28. The van der Waals surface area contributed by atoms with Gasteiger partial charge in [-0.2, -0.15) is 0 Å². The zero-order valence-corrected chi connectivity index (χ0v) is 21.2. The number of benzene rings is 1. The highest BCUT2D eigenvalue weighted by Gasteiger charge is 2.32. The molecular formula is C25H26Br2N2O4. The van der Waals surface area contributed by atoms with Crippen LogP contribution in [0.2, 0.25) is 0 Å². The van der Waals surface area contributed by atoms with Crippen molar-refractivity contribution in [3.05, 3.63) is 81.5 Å². The Labute approximate surface area is 210 Å². The third-order valence-corrected chi connectivity index (χ3v) is 6.36. The summed E-state index contributed by atoms with van der Waals surface area (Å²) in [5.41, 5.74) is 1.21. The molecule has 0 radical (unpaired) electrons. The average Bonchev–Trinajstić information content (AvgIpc) is 2.78. The molecule has 1 aromatic carbocycles. The summed E-state index contributed by atoms with van der Waals surface area (Å²) < 4.78 is 19.0. The molecule has 3 aromatic rings. The Kier molecular flexibility index (Phi) is 8.72. The molecule has 0 unspecified atom stereocenters. The van der Waals surface area contributed by atoms with Crippen LogP contribution in [0.3, 0.4) is 0 Å². The molecule has 0 bridgehead atoms. The third kappa shape index (κ3) is 7.78. The summed E-state index contributed by atoms with van der Waals surface area (Å²) >= 11 is 6.65. The Morgan fingerprint density at radius 3 is 1.76 bits per heavy atom. The molecule has 0 aliphatic heterocycles. The summed E-state index contributed by atoms with van der Waals surface area (Å²) in [5.74, 6) is 1.31. The molecule has 2 fully saturated rings. The summed E-state index contributed by atoms with van der Waals surface area (Å²) in [6, 6.07) is 17.8. The van der Waals surface area contributed by atoms with Crippen molar-refractivity contribution in [1.82, 2.24) is 9.97 Å². The van der Waals surface area contributed by atoms with Crippen LogP contribution in [0.1, 0.15) is 31.2 Å². The molecule has 2 aliphatic carbocycles. The van der Waals surface area contributed by atoms with E-state index >= 15 is 0 Å². The van der Waals surface area contributed by atoms with Crippen LogP contribution in [0, 0.1) is 0 Å². The maximum atomic E-state index is 9.03. The van der Waals surface area contributed by atoms with Crippen molar-refractivity contribution >= 4 is 31.9 Å². The molecule has 174 valence electrons. The number of aromatic nitrogens is 2. The van der Waals surface area contributed by atoms with Gasteiger partial charge >= 0.3 is 0 Å². The van der Waals surface area contributed by atoms with Crippen LogP contribution in [0.25, 0.3) is 0 Å². The standard InChI is InChI=1S/C16H16BrNO2.C9H10BrNO2/c17-13-6-7-16(18-10-13)20-15-8-14(9-15)19-11-12-4-2-1-3-5-12;10-6-1-2-9(11-5-6)13-8-3-7(12)4-8/h1-7,10,14-15H,8-9,11H2;1-2,5,7-8,12H,3-4H2. The Hall–Kier alpha value is -2.00. The summed E-state index contributed by atoms with van der Waals surface area (Å²) in [6.45, 7) is 0.675. The van der Waals surface area contributed by atoms with Crippen LogP contribution in [0.4, 0.5) is 0 Å². The largest absolute Gasteiger partial charge is 0.474 e. The van der Waals surface area contributed by atoms with Gasteiger partial charge in [-0.15, -0.1) is 0 Å². The molecule has 2 heterocycles. The first kappa shape index (κ1) is 24.1. The van der Waals surface area contributed by atoms with Crippen molar-refractivity contribution in [3.8, 4) is 11.8 Å². The fraction of sp³-hybridized carbons (Fsp3) is 0.360. The Morgan fingerprint density at radius 1 is 0.727 bits per heavy atom. The van der Waals surface area contributed by atoms with Crippen molar-refractivity contribution in [2.75, 3.05) is 0 Å². The summed E-state index contributed by atoms with van der Waals surface area (Å²) in [7, 11) is 0. The number of halogens is 2. The first-order chi connectivity index (χ1) is 16.0. The van der Waals surface area contributed by atoms with Crippen molar-refractivity contribution < 1.29 is 19.3 Å². The molecule has 2 saturated carbocycles. The van der Waals surface area contributed by atoms with E-state index < -0.39 is 0 Å². The van der Waals surface area contributed by atoms with E-state index in [1.807, 2.05) is 42.5 Å². The zero-order valence-electron chi connectivity index (χ0n) is 18.0. The second kappa shape index (κ2) is 11.9. The molecule has 2 aromatic heterocycles. The second-order valence-corrected chi connectivity index (χ2v) is 9.96. The number of nitrogens with zero attached hydrogens (tertiary/aromatic N) is 2. The van der Waals surface area contributed by atoms with Crippen LogP contribution < -0.4 is 9.47 Å². The van der Waals surface area contributed by atoms with Crippen LogP contribution in [-0.2, 0) is 11.3 Å². The minimum atomic E-state index is -0.180. The third-order valence-electron chi connectivity index (χ3n) is 5.43. The van der Waals surface area contributed by atoms with Crippen LogP contribution in [0.15, 0.2) is 75.9 Å². The molecule has 6 nitrogen and oxygen atoms in total. The molecule has 0 saturated heterocycles. The second-order valence-electron chi connectivity index (χ2n) is 8.12. The number of rotatable bonds is 7. The van der Waals surface area contributed by atoms with Gasteiger partial charge in [0.1, 0.15) is 12.2 Å². The van der Waals surface area contributed by atoms with Crippen molar-refractivity contribution in [2.24, 2.45) is 0 Å². The number of aliphatic hydroxyl groups excluding tert-OH is 1. The van der Waals surface area contributed by atoms with E-state index in [-0.39, 0.29) is 18.3 Å². The number of hydrogen-bond acceptors (Lipinski definition) is 6. The molecule has 33 heavy (non-hydrogen) atoms. The van der Waals surface area contributed by atoms with Crippen LogP contribution in [-0.4, -0.2) is 39.5 Å². The first-order valence-electron chi connectivity index (χ1n) is 10.9. The minimum absolute atomic E-state index is 0.142. The van der Waals surface area contributed by atoms with Crippen molar-refractivity contribution in [2.45, 2.75) is 56.7 Å². The molecule has 1 N–H and O–H groups in total. The Balaban J connectivity index is 0.000000172. The van der Waals surface area contributed by atoms with Gasteiger partial charge < -0.3 is 19.3 Å². The number of ether oxygens (including phenoxy) is 3. The molecule has 5 rings (SSSR count). The van der Waals surface area contributed by atoms with Gasteiger partial charge in [-0.25, -0.2) is 9.97 Å². The fourth-order valence-electron chi connectivity index (χ4n) is 3.38. The fourth-order valence-corrected chi connectivity index (χ4v) is 3.85. The predicted molar refractivity (Wildman–Crippen MR) is 132 cm³/mol. The Bertz CT molecular complexity index is 978. The highest BCUT2D eigenvalue weighted by atomic mass is 79.9. The quantitative estimate of drug-likeness (QED) is 0.387. The monoisotopic (exact) mass is 576 g/mol. The van der Waals surface area contributed by atoms with Gasteiger partial charge in [0.15, 0.2) is 0 Å². The lowest BCUT2D eigenvalue weighted by Crippen LogP contribution is -2.39. The summed E-state index contributed by atoms with van der Waals surface area (Å²) in [6.07, 6.45) is 7.25. The van der Waals surface area contributed by atoms with Gasteiger partial charge in [-0.3, -0.25) is 0 Å². The SMILES string of the molecule is Brc1ccc(OC2CC(OCc3ccccc3)C2)nc1.OC1CC(Oc2ccc(Br)cn2)C1. The lowest BCUT2D eigenvalue weighted by molar-refractivity contribution is -0.0695. The molecular weight excluding hydrogens is 552 g/mol. The highest BCUT2D eigenvalue weighted by molar-refractivity contribution is 9.10. The molecule has 0 amide bonds. The lowest BCUT2D eigenvalue weighted by Gasteiger charge is -2.34. The van der Waals surface area contributed by atoms with Gasteiger partial charge in [-0.05, 0) is 49.6 Å². The normalized spacial score (nSPS) is 23.4. The van der Waals surface area contributed by atoms with Crippen LogP contribution >= 0.6 is 31.9 Å². The van der Waals surface area contributed by atoms with E-state index in [0.717, 1.165) is 34.6 Å². The predicted octanol–water partition coefficient (Wildman–Crippen LogP) is 5.72. The van der Waals surface area contributed by atoms with Gasteiger partial charge in [0, 0.05) is 59.2 Å². The van der Waals surface area contributed by atoms with E-state index in [0.29, 0.717) is 24.5 Å². The molecule has 0 atom stereocenters. The van der Waals surface area contributed by atoms with E-state index in [1.54, 1.807) is 12.4 Å².